The number of benzene rings is 1. The molecule has 22 heavy (non-hydrogen) atoms. The Morgan fingerprint density at radius 3 is 2.82 bits per heavy atom. The maximum Gasteiger partial charge on any atom is 0.239 e. The maximum absolute atomic E-state index is 11.8. The van der Waals surface area contributed by atoms with E-state index in [-0.39, 0.29) is 24.8 Å². The lowest BCUT2D eigenvalue weighted by Crippen LogP contribution is -2.37. The largest absolute Gasteiger partial charge is 0.355 e. The molecule has 7 heteroatoms. The SMILES string of the molecule is CCNC(=O)CNC(=O)Cc1csc(-c2cccc(Br)c2)n1. The van der Waals surface area contributed by atoms with Gasteiger partial charge < -0.3 is 10.6 Å². The predicted molar refractivity (Wildman–Crippen MR) is 90.6 cm³/mol. The predicted octanol–water partition coefficient (Wildman–Crippen LogP) is 2.37. The van der Waals surface area contributed by atoms with Crippen molar-refractivity contribution in [1.29, 1.82) is 0 Å². The van der Waals surface area contributed by atoms with Gasteiger partial charge in [-0.1, -0.05) is 28.1 Å². The number of thiazole rings is 1. The minimum absolute atomic E-state index is 0.00466. The van der Waals surface area contributed by atoms with Gasteiger partial charge in [0.05, 0.1) is 18.7 Å². The van der Waals surface area contributed by atoms with Gasteiger partial charge in [0.1, 0.15) is 5.01 Å². The molecule has 0 aliphatic heterocycles. The molecule has 0 spiro atoms. The number of rotatable bonds is 6. The summed E-state index contributed by atoms with van der Waals surface area (Å²) in [6, 6.07) is 7.85. The van der Waals surface area contributed by atoms with Crippen LogP contribution in [0.1, 0.15) is 12.6 Å². The van der Waals surface area contributed by atoms with Gasteiger partial charge >= 0.3 is 0 Å². The summed E-state index contributed by atoms with van der Waals surface area (Å²) in [5.74, 6) is -0.402. The number of amides is 2. The minimum Gasteiger partial charge on any atom is -0.355 e. The highest BCUT2D eigenvalue weighted by Gasteiger charge is 2.10. The Kier molecular flexibility index (Phi) is 6.09. The van der Waals surface area contributed by atoms with Crippen molar-refractivity contribution in [2.24, 2.45) is 0 Å². The molecule has 1 aromatic carbocycles. The van der Waals surface area contributed by atoms with Crippen LogP contribution >= 0.6 is 27.3 Å². The fraction of sp³-hybridized carbons (Fsp3) is 0.267. The van der Waals surface area contributed by atoms with Crippen molar-refractivity contribution in [1.82, 2.24) is 15.6 Å². The van der Waals surface area contributed by atoms with Crippen LogP contribution < -0.4 is 10.6 Å². The smallest absolute Gasteiger partial charge is 0.239 e. The zero-order valence-corrected chi connectivity index (χ0v) is 14.5. The zero-order valence-electron chi connectivity index (χ0n) is 12.1. The summed E-state index contributed by atoms with van der Waals surface area (Å²) in [5.41, 5.74) is 1.71. The Morgan fingerprint density at radius 1 is 1.27 bits per heavy atom. The van der Waals surface area contributed by atoms with Crippen molar-refractivity contribution in [2.45, 2.75) is 13.3 Å². The van der Waals surface area contributed by atoms with Gasteiger partial charge in [-0.2, -0.15) is 0 Å². The number of aromatic nitrogens is 1. The van der Waals surface area contributed by atoms with Crippen LogP contribution in [0.4, 0.5) is 0 Å². The van der Waals surface area contributed by atoms with E-state index >= 15 is 0 Å². The van der Waals surface area contributed by atoms with Gasteiger partial charge in [0, 0.05) is 22.0 Å². The number of hydrogen-bond donors (Lipinski definition) is 2. The van der Waals surface area contributed by atoms with Crippen LogP contribution in [0.3, 0.4) is 0 Å². The number of nitrogens with one attached hydrogen (secondary N) is 2. The highest BCUT2D eigenvalue weighted by atomic mass is 79.9. The normalized spacial score (nSPS) is 10.3. The minimum atomic E-state index is -0.211. The maximum atomic E-state index is 11.8. The number of carbonyl (C=O) groups is 2. The van der Waals surface area contributed by atoms with Gasteiger partial charge in [-0.05, 0) is 19.1 Å². The number of likely N-dealkylation sites (N-methyl/N-ethyl adjacent to an activating group) is 1. The monoisotopic (exact) mass is 381 g/mol. The molecular formula is C15H16BrN3O2S. The Bertz CT molecular complexity index is 672. The first-order valence-electron chi connectivity index (χ1n) is 6.82. The standard InChI is InChI=1S/C15H16BrN3O2S/c1-2-17-14(21)8-18-13(20)7-12-9-22-15(19-12)10-4-3-5-11(16)6-10/h3-6,9H,2,7-8H2,1H3,(H,17,21)(H,18,20). The molecule has 2 aromatic rings. The lowest BCUT2D eigenvalue weighted by atomic mass is 10.2. The molecule has 0 atom stereocenters. The lowest BCUT2D eigenvalue weighted by molar-refractivity contribution is -0.125. The lowest BCUT2D eigenvalue weighted by Gasteiger charge is -2.04. The van der Waals surface area contributed by atoms with Gasteiger partial charge in [-0.25, -0.2) is 4.98 Å². The van der Waals surface area contributed by atoms with E-state index in [0.717, 1.165) is 15.0 Å². The first kappa shape index (κ1) is 16.6. The Hall–Kier alpha value is -1.73. The molecule has 1 aromatic heterocycles. The molecule has 116 valence electrons. The van der Waals surface area contributed by atoms with Crippen molar-refractivity contribution in [3.8, 4) is 10.6 Å². The second-order valence-corrected chi connectivity index (χ2v) is 6.34. The summed E-state index contributed by atoms with van der Waals surface area (Å²) in [4.78, 5) is 27.5. The third-order valence-electron chi connectivity index (χ3n) is 2.79. The summed E-state index contributed by atoms with van der Waals surface area (Å²) in [6.07, 6.45) is 0.171. The van der Waals surface area contributed by atoms with Crippen molar-refractivity contribution in [3.63, 3.8) is 0 Å². The van der Waals surface area contributed by atoms with E-state index in [1.807, 2.05) is 36.6 Å². The van der Waals surface area contributed by atoms with E-state index in [2.05, 4.69) is 31.5 Å². The fourth-order valence-corrected chi connectivity index (χ4v) is 3.02. The molecule has 0 radical (unpaired) electrons. The van der Waals surface area contributed by atoms with Gasteiger partial charge in [-0.15, -0.1) is 11.3 Å². The van der Waals surface area contributed by atoms with Crippen molar-refractivity contribution in [2.75, 3.05) is 13.1 Å². The average molecular weight is 382 g/mol. The molecule has 0 saturated heterocycles. The molecule has 0 unspecified atom stereocenters. The highest BCUT2D eigenvalue weighted by molar-refractivity contribution is 9.10. The van der Waals surface area contributed by atoms with E-state index < -0.39 is 0 Å². The van der Waals surface area contributed by atoms with Gasteiger partial charge in [0.2, 0.25) is 11.8 Å². The van der Waals surface area contributed by atoms with Gasteiger partial charge in [-0.3, -0.25) is 9.59 Å². The Morgan fingerprint density at radius 2 is 2.09 bits per heavy atom. The van der Waals surface area contributed by atoms with Crippen molar-refractivity contribution in [3.05, 3.63) is 39.8 Å². The molecular weight excluding hydrogens is 366 g/mol. The molecule has 2 amide bonds. The van der Waals surface area contributed by atoms with Crippen LogP contribution in [0.25, 0.3) is 10.6 Å². The van der Waals surface area contributed by atoms with E-state index in [0.29, 0.717) is 12.2 Å². The molecule has 0 fully saturated rings. The Labute approximate surface area is 141 Å². The third-order valence-corrected chi connectivity index (χ3v) is 4.22. The first-order valence-corrected chi connectivity index (χ1v) is 8.49. The fourth-order valence-electron chi connectivity index (χ4n) is 1.81. The molecule has 1 heterocycles. The number of carbonyl (C=O) groups excluding carboxylic acids is 2. The van der Waals surface area contributed by atoms with Crippen LogP contribution in [0.5, 0.6) is 0 Å². The average Bonchev–Trinajstić information content (AvgIpc) is 2.94. The highest BCUT2D eigenvalue weighted by Crippen LogP contribution is 2.26. The molecule has 0 aliphatic rings. The summed E-state index contributed by atoms with van der Waals surface area (Å²) in [7, 11) is 0. The second kappa shape index (κ2) is 8.05. The van der Waals surface area contributed by atoms with Crippen molar-refractivity contribution < 1.29 is 9.59 Å². The summed E-state index contributed by atoms with van der Waals surface area (Å²) < 4.78 is 0.987. The van der Waals surface area contributed by atoms with Crippen LogP contribution in [0.15, 0.2) is 34.1 Å². The van der Waals surface area contributed by atoms with Crippen LogP contribution in [0.2, 0.25) is 0 Å². The van der Waals surface area contributed by atoms with E-state index in [9.17, 15) is 9.59 Å². The molecule has 5 nitrogen and oxygen atoms in total. The molecule has 2 N–H and O–H groups in total. The number of hydrogen-bond acceptors (Lipinski definition) is 4. The molecule has 0 bridgehead atoms. The summed E-state index contributed by atoms with van der Waals surface area (Å²) >= 11 is 4.92. The zero-order chi connectivity index (χ0) is 15.9. The van der Waals surface area contributed by atoms with Crippen LogP contribution in [0, 0.1) is 0 Å². The van der Waals surface area contributed by atoms with E-state index in [4.69, 9.17) is 0 Å². The molecule has 0 aliphatic carbocycles. The number of nitrogens with zero attached hydrogens (tertiary/aromatic N) is 1. The third kappa shape index (κ3) is 4.92. The molecule has 2 rings (SSSR count). The van der Waals surface area contributed by atoms with Crippen LogP contribution in [-0.2, 0) is 16.0 Å². The van der Waals surface area contributed by atoms with Crippen molar-refractivity contribution >= 4 is 39.1 Å². The Balaban J connectivity index is 1.92. The van der Waals surface area contributed by atoms with Gasteiger partial charge in [0.15, 0.2) is 0 Å². The quantitative estimate of drug-likeness (QED) is 0.806. The topological polar surface area (TPSA) is 71.1 Å². The van der Waals surface area contributed by atoms with E-state index in [1.54, 1.807) is 0 Å². The summed E-state index contributed by atoms with van der Waals surface area (Å²) in [5, 5.41) is 7.94. The number of halogens is 1. The van der Waals surface area contributed by atoms with E-state index in [1.165, 1.54) is 11.3 Å². The molecule has 0 saturated carbocycles. The van der Waals surface area contributed by atoms with Crippen LogP contribution in [-0.4, -0.2) is 29.9 Å². The van der Waals surface area contributed by atoms with Gasteiger partial charge in [0.25, 0.3) is 0 Å². The first-order chi connectivity index (χ1) is 10.6. The second-order valence-electron chi connectivity index (χ2n) is 4.56. The summed E-state index contributed by atoms with van der Waals surface area (Å²) in [6.45, 7) is 2.38.